The van der Waals surface area contributed by atoms with Crippen molar-refractivity contribution in [2.45, 2.75) is 19.5 Å². The van der Waals surface area contributed by atoms with E-state index in [1.54, 1.807) is 11.3 Å². The summed E-state index contributed by atoms with van der Waals surface area (Å²) in [6.45, 7) is 3.09. The highest BCUT2D eigenvalue weighted by molar-refractivity contribution is 7.10. The van der Waals surface area contributed by atoms with Crippen molar-refractivity contribution in [1.29, 1.82) is 0 Å². The number of nitrogens with two attached hydrogens (primary N) is 1. The predicted octanol–water partition coefficient (Wildman–Crippen LogP) is 2.62. The van der Waals surface area contributed by atoms with Gasteiger partial charge >= 0.3 is 0 Å². The Morgan fingerprint density at radius 2 is 2.28 bits per heavy atom. The third-order valence-corrected chi connectivity index (χ3v) is 4.06. The maximum absolute atomic E-state index is 5.29. The van der Waals surface area contributed by atoms with Gasteiger partial charge < -0.3 is 5.43 Å². The zero-order chi connectivity index (χ0) is 13.0. The lowest BCUT2D eigenvalue weighted by Gasteiger charge is -2.23. The van der Waals surface area contributed by atoms with Crippen LogP contribution in [0.5, 0.6) is 0 Å². The van der Waals surface area contributed by atoms with E-state index in [-0.39, 0.29) is 0 Å². The van der Waals surface area contributed by atoms with Crippen LogP contribution in [0, 0.1) is 0 Å². The number of anilines is 1. The molecule has 1 unspecified atom stereocenters. The topological polar surface area (TPSA) is 54.2 Å². The van der Waals surface area contributed by atoms with E-state index in [1.165, 1.54) is 10.4 Å². The summed E-state index contributed by atoms with van der Waals surface area (Å²) in [5.74, 6) is 5.98. The van der Waals surface area contributed by atoms with Crippen molar-refractivity contribution in [1.82, 2.24) is 9.88 Å². The molecule has 0 radical (unpaired) electrons. The molecule has 0 aliphatic rings. The molecule has 2 rings (SSSR count). The monoisotopic (exact) mass is 262 g/mol. The zero-order valence-corrected chi connectivity index (χ0v) is 11.4. The summed E-state index contributed by atoms with van der Waals surface area (Å²) in [6, 6.07) is 8.61. The molecule has 0 aliphatic heterocycles. The van der Waals surface area contributed by atoms with E-state index < -0.39 is 0 Å². The fourth-order valence-electron chi connectivity index (χ4n) is 1.77. The number of pyridine rings is 1. The number of hydrogen-bond acceptors (Lipinski definition) is 5. The lowest BCUT2D eigenvalue weighted by molar-refractivity contribution is 0.256. The number of nitrogen functional groups attached to an aromatic ring is 1. The van der Waals surface area contributed by atoms with Gasteiger partial charge in [0.1, 0.15) is 5.82 Å². The van der Waals surface area contributed by atoms with Gasteiger partial charge in [-0.05, 0) is 37.0 Å². The maximum atomic E-state index is 5.29. The van der Waals surface area contributed by atoms with Crippen molar-refractivity contribution in [3.8, 4) is 0 Å². The molecule has 5 heteroatoms. The van der Waals surface area contributed by atoms with Gasteiger partial charge in [0, 0.05) is 23.7 Å². The van der Waals surface area contributed by atoms with Gasteiger partial charge in [-0.15, -0.1) is 11.3 Å². The summed E-state index contributed by atoms with van der Waals surface area (Å²) in [4.78, 5) is 7.90. The fraction of sp³-hybridized carbons (Fsp3) is 0.308. The molecule has 0 spiro atoms. The number of nitrogens with one attached hydrogen (secondary N) is 1. The lowest BCUT2D eigenvalue weighted by Crippen LogP contribution is -2.21. The van der Waals surface area contributed by atoms with Gasteiger partial charge in [-0.1, -0.05) is 12.1 Å². The molecule has 0 saturated heterocycles. The standard InChI is InChI=1S/C13H18N4S/c1-10(12-4-3-7-18-12)17(2)9-11-5-6-13(16-14)15-8-11/h3-8,10H,9,14H2,1-2H3,(H,15,16). The first kappa shape index (κ1) is 13.0. The summed E-state index contributed by atoms with van der Waals surface area (Å²) in [5, 5.41) is 2.11. The van der Waals surface area contributed by atoms with Gasteiger partial charge in [-0.25, -0.2) is 10.8 Å². The summed E-state index contributed by atoms with van der Waals surface area (Å²) in [5.41, 5.74) is 3.71. The van der Waals surface area contributed by atoms with Crippen LogP contribution in [-0.2, 0) is 6.54 Å². The largest absolute Gasteiger partial charge is 0.308 e. The van der Waals surface area contributed by atoms with E-state index in [2.05, 4.69) is 46.8 Å². The zero-order valence-electron chi connectivity index (χ0n) is 10.6. The lowest BCUT2D eigenvalue weighted by atomic mass is 10.2. The Balaban J connectivity index is 1.99. The molecule has 0 aromatic carbocycles. The van der Waals surface area contributed by atoms with Crippen molar-refractivity contribution >= 4 is 17.2 Å². The average molecular weight is 262 g/mol. The van der Waals surface area contributed by atoms with Gasteiger partial charge in [0.15, 0.2) is 0 Å². The molecule has 0 fully saturated rings. The Bertz CT molecular complexity index is 466. The van der Waals surface area contributed by atoms with Crippen molar-refractivity contribution in [3.63, 3.8) is 0 Å². The minimum Gasteiger partial charge on any atom is -0.308 e. The normalized spacial score (nSPS) is 12.7. The number of hydrazine groups is 1. The van der Waals surface area contributed by atoms with Crippen LogP contribution in [0.15, 0.2) is 35.8 Å². The molecule has 96 valence electrons. The smallest absolute Gasteiger partial charge is 0.139 e. The first-order valence-electron chi connectivity index (χ1n) is 5.86. The van der Waals surface area contributed by atoms with Crippen LogP contribution in [-0.4, -0.2) is 16.9 Å². The number of nitrogens with zero attached hydrogens (tertiary/aromatic N) is 2. The fourth-order valence-corrected chi connectivity index (χ4v) is 2.62. The number of aromatic nitrogens is 1. The maximum Gasteiger partial charge on any atom is 0.139 e. The van der Waals surface area contributed by atoms with E-state index in [1.807, 2.05) is 18.3 Å². The highest BCUT2D eigenvalue weighted by Gasteiger charge is 2.12. The molecular weight excluding hydrogens is 244 g/mol. The second-order valence-corrected chi connectivity index (χ2v) is 5.28. The molecule has 0 saturated carbocycles. The van der Waals surface area contributed by atoms with Gasteiger partial charge in [0.2, 0.25) is 0 Å². The van der Waals surface area contributed by atoms with Crippen LogP contribution in [0.4, 0.5) is 5.82 Å². The molecule has 2 heterocycles. The number of rotatable bonds is 5. The number of thiophene rings is 1. The van der Waals surface area contributed by atoms with Gasteiger partial charge in [0.25, 0.3) is 0 Å². The molecule has 2 aromatic rings. The summed E-state index contributed by atoms with van der Waals surface area (Å²) >= 11 is 1.79. The van der Waals surface area contributed by atoms with Crippen molar-refractivity contribution in [2.75, 3.05) is 12.5 Å². The summed E-state index contributed by atoms with van der Waals surface area (Å²) < 4.78 is 0. The molecule has 0 amide bonds. The van der Waals surface area contributed by atoms with Crippen LogP contribution in [0.1, 0.15) is 23.4 Å². The van der Waals surface area contributed by atoms with Crippen LogP contribution >= 0.6 is 11.3 Å². The minimum absolute atomic E-state index is 0.414. The van der Waals surface area contributed by atoms with Crippen molar-refractivity contribution in [2.24, 2.45) is 5.84 Å². The van der Waals surface area contributed by atoms with Crippen LogP contribution in [0.3, 0.4) is 0 Å². The Labute approximate surface area is 111 Å². The Hall–Kier alpha value is -1.43. The second kappa shape index (κ2) is 5.95. The van der Waals surface area contributed by atoms with E-state index >= 15 is 0 Å². The van der Waals surface area contributed by atoms with E-state index in [0.29, 0.717) is 11.9 Å². The molecule has 18 heavy (non-hydrogen) atoms. The van der Waals surface area contributed by atoms with Gasteiger partial charge in [0.05, 0.1) is 0 Å². The van der Waals surface area contributed by atoms with Gasteiger partial charge in [-0.3, -0.25) is 4.90 Å². The first-order chi connectivity index (χ1) is 8.70. The van der Waals surface area contributed by atoms with Crippen LogP contribution in [0.25, 0.3) is 0 Å². The van der Waals surface area contributed by atoms with Crippen molar-refractivity contribution < 1.29 is 0 Å². The SMILES string of the molecule is CC(c1cccs1)N(C)Cc1ccc(NN)nc1. The molecular formula is C13H18N4S. The summed E-state index contributed by atoms with van der Waals surface area (Å²) in [7, 11) is 2.12. The highest BCUT2D eigenvalue weighted by atomic mass is 32.1. The second-order valence-electron chi connectivity index (χ2n) is 4.30. The quantitative estimate of drug-likeness (QED) is 0.642. The predicted molar refractivity (Wildman–Crippen MR) is 76.2 cm³/mol. The first-order valence-corrected chi connectivity index (χ1v) is 6.74. The van der Waals surface area contributed by atoms with E-state index in [0.717, 1.165) is 6.54 Å². The van der Waals surface area contributed by atoms with Crippen molar-refractivity contribution in [3.05, 3.63) is 46.3 Å². The third-order valence-electron chi connectivity index (χ3n) is 3.02. The third kappa shape index (κ3) is 3.07. The Kier molecular flexibility index (Phi) is 4.30. The molecule has 0 bridgehead atoms. The molecule has 3 N–H and O–H groups in total. The minimum atomic E-state index is 0.414. The number of hydrogen-bond donors (Lipinski definition) is 2. The summed E-state index contributed by atoms with van der Waals surface area (Å²) in [6.07, 6.45) is 1.85. The Morgan fingerprint density at radius 1 is 1.44 bits per heavy atom. The average Bonchev–Trinajstić information content (AvgIpc) is 2.92. The Morgan fingerprint density at radius 3 is 2.83 bits per heavy atom. The van der Waals surface area contributed by atoms with Crippen LogP contribution in [0.2, 0.25) is 0 Å². The molecule has 1 atom stereocenters. The molecule has 2 aromatic heterocycles. The van der Waals surface area contributed by atoms with E-state index in [9.17, 15) is 0 Å². The van der Waals surface area contributed by atoms with Gasteiger partial charge in [-0.2, -0.15) is 0 Å². The van der Waals surface area contributed by atoms with Crippen LogP contribution < -0.4 is 11.3 Å². The molecule has 0 aliphatic carbocycles. The van der Waals surface area contributed by atoms with E-state index in [4.69, 9.17) is 5.84 Å². The highest BCUT2D eigenvalue weighted by Crippen LogP contribution is 2.24. The molecule has 4 nitrogen and oxygen atoms in total.